The number of hydrogen-bond donors (Lipinski definition) is 3. The van der Waals surface area contributed by atoms with Crippen LogP contribution in [0.1, 0.15) is 29.4 Å². The SMILES string of the molecule is COc1cc([C@H](CC(=O)NCCn2ccc3ccccc32)c2oc(C)cc(=O)c2O)ccc1O. The van der Waals surface area contributed by atoms with Crippen LogP contribution >= 0.6 is 0 Å². The molecule has 0 fully saturated rings. The quantitative estimate of drug-likeness (QED) is 0.368. The number of carbonyl (C=O) groups excluding carboxylic acids is 1. The number of nitrogens with zero attached hydrogens (tertiary/aromatic N) is 1. The maximum absolute atomic E-state index is 12.9. The van der Waals surface area contributed by atoms with Crippen LogP contribution in [-0.4, -0.2) is 34.3 Å². The first-order valence-electron chi connectivity index (χ1n) is 10.9. The number of amides is 1. The Balaban J connectivity index is 1.55. The lowest BCUT2D eigenvalue weighted by atomic mass is 9.91. The molecule has 0 saturated heterocycles. The number of phenolic OH excluding ortho intramolecular Hbond substituents is 1. The fourth-order valence-electron chi connectivity index (χ4n) is 4.04. The lowest BCUT2D eigenvalue weighted by Gasteiger charge is -2.19. The summed E-state index contributed by atoms with van der Waals surface area (Å²) in [6, 6.07) is 15.8. The van der Waals surface area contributed by atoms with Gasteiger partial charge in [0.15, 0.2) is 17.3 Å². The summed E-state index contributed by atoms with van der Waals surface area (Å²) >= 11 is 0. The van der Waals surface area contributed by atoms with Gasteiger partial charge in [-0.3, -0.25) is 9.59 Å². The molecule has 0 aliphatic heterocycles. The van der Waals surface area contributed by atoms with Crippen molar-refractivity contribution in [2.24, 2.45) is 0 Å². The first-order chi connectivity index (χ1) is 16.4. The van der Waals surface area contributed by atoms with Crippen molar-refractivity contribution >= 4 is 16.8 Å². The molecular formula is C26H26N2O6. The summed E-state index contributed by atoms with van der Waals surface area (Å²) in [6.45, 7) is 2.58. The van der Waals surface area contributed by atoms with Gasteiger partial charge >= 0.3 is 0 Å². The highest BCUT2D eigenvalue weighted by atomic mass is 16.5. The molecule has 0 aliphatic rings. The number of benzene rings is 2. The molecule has 4 rings (SSSR count). The first kappa shape index (κ1) is 23.0. The molecule has 0 spiro atoms. The summed E-state index contributed by atoms with van der Waals surface area (Å²) in [4.78, 5) is 25.1. The van der Waals surface area contributed by atoms with E-state index in [0.717, 1.165) is 10.9 Å². The highest BCUT2D eigenvalue weighted by Crippen LogP contribution is 2.37. The molecule has 0 bridgehead atoms. The van der Waals surface area contributed by atoms with Crippen molar-refractivity contribution in [3.8, 4) is 17.2 Å². The molecule has 176 valence electrons. The summed E-state index contributed by atoms with van der Waals surface area (Å²) in [7, 11) is 1.41. The second kappa shape index (κ2) is 9.74. The zero-order valence-corrected chi connectivity index (χ0v) is 18.9. The van der Waals surface area contributed by atoms with Gasteiger partial charge in [0.25, 0.3) is 0 Å². The van der Waals surface area contributed by atoms with Gasteiger partial charge in [-0.15, -0.1) is 0 Å². The van der Waals surface area contributed by atoms with Crippen molar-refractivity contribution in [1.29, 1.82) is 0 Å². The topological polar surface area (TPSA) is 114 Å². The van der Waals surface area contributed by atoms with Crippen molar-refractivity contribution in [2.75, 3.05) is 13.7 Å². The Morgan fingerprint density at radius 3 is 2.74 bits per heavy atom. The highest BCUT2D eigenvalue weighted by molar-refractivity contribution is 5.80. The van der Waals surface area contributed by atoms with E-state index in [1.807, 2.05) is 36.5 Å². The largest absolute Gasteiger partial charge is 0.504 e. The fraction of sp³-hybridized carbons (Fsp3) is 0.231. The van der Waals surface area contributed by atoms with Gasteiger partial charge in [-0.1, -0.05) is 24.3 Å². The summed E-state index contributed by atoms with van der Waals surface area (Å²) in [6.07, 6.45) is 1.89. The number of nitrogens with one attached hydrogen (secondary N) is 1. The van der Waals surface area contributed by atoms with Crippen LogP contribution in [0.5, 0.6) is 17.2 Å². The Kier molecular flexibility index (Phi) is 6.58. The van der Waals surface area contributed by atoms with E-state index in [-0.39, 0.29) is 29.6 Å². The maximum Gasteiger partial charge on any atom is 0.227 e. The highest BCUT2D eigenvalue weighted by Gasteiger charge is 2.26. The minimum Gasteiger partial charge on any atom is -0.504 e. The van der Waals surface area contributed by atoms with Gasteiger partial charge in [0.1, 0.15) is 5.76 Å². The van der Waals surface area contributed by atoms with E-state index in [2.05, 4.69) is 9.88 Å². The lowest BCUT2D eigenvalue weighted by Crippen LogP contribution is -2.28. The molecule has 34 heavy (non-hydrogen) atoms. The molecule has 3 N–H and O–H groups in total. The molecule has 1 atom stereocenters. The molecule has 2 aromatic carbocycles. The van der Waals surface area contributed by atoms with Crippen LogP contribution in [-0.2, 0) is 11.3 Å². The van der Waals surface area contributed by atoms with E-state index in [9.17, 15) is 19.8 Å². The Labute approximate surface area is 196 Å². The number of methoxy groups -OCH3 is 1. The minimum absolute atomic E-state index is 0.00991. The van der Waals surface area contributed by atoms with Crippen molar-refractivity contribution in [3.63, 3.8) is 0 Å². The third-order valence-corrected chi connectivity index (χ3v) is 5.74. The third-order valence-electron chi connectivity index (χ3n) is 5.74. The van der Waals surface area contributed by atoms with Gasteiger partial charge in [-0.2, -0.15) is 0 Å². The van der Waals surface area contributed by atoms with Crippen LogP contribution in [0.25, 0.3) is 10.9 Å². The van der Waals surface area contributed by atoms with Crippen molar-refractivity contribution in [2.45, 2.75) is 25.8 Å². The number of ether oxygens (including phenoxy) is 1. The number of para-hydroxylation sites is 1. The van der Waals surface area contributed by atoms with Crippen molar-refractivity contribution < 1.29 is 24.2 Å². The number of phenols is 1. The summed E-state index contributed by atoms with van der Waals surface area (Å²) < 4.78 is 12.9. The number of aryl methyl sites for hydroxylation is 1. The fourth-order valence-corrected chi connectivity index (χ4v) is 4.04. The minimum atomic E-state index is -0.769. The molecular weight excluding hydrogens is 436 g/mol. The third kappa shape index (κ3) is 4.76. The molecule has 8 heteroatoms. The zero-order chi connectivity index (χ0) is 24.2. The van der Waals surface area contributed by atoms with Crippen LogP contribution in [0, 0.1) is 6.92 Å². The molecule has 0 unspecified atom stereocenters. The van der Waals surface area contributed by atoms with Crippen LogP contribution in [0.15, 0.2) is 70.0 Å². The number of fused-ring (bicyclic) bond motifs is 1. The van der Waals surface area contributed by atoms with E-state index in [1.54, 1.807) is 19.1 Å². The molecule has 0 saturated carbocycles. The van der Waals surface area contributed by atoms with E-state index >= 15 is 0 Å². The van der Waals surface area contributed by atoms with Gasteiger partial charge in [0, 0.05) is 37.3 Å². The Morgan fingerprint density at radius 2 is 1.94 bits per heavy atom. The number of carbonyl (C=O) groups is 1. The Hall–Kier alpha value is -4.20. The van der Waals surface area contributed by atoms with Gasteiger partial charge in [-0.05, 0) is 42.1 Å². The molecule has 0 radical (unpaired) electrons. The predicted octanol–water partition coefficient (Wildman–Crippen LogP) is 3.66. The van der Waals surface area contributed by atoms with Crippen molar-refractivity contribution in [3.05, 3.63) is 88.1 Å². The second-order valence-corrected chi connectivity index (χ2v) is 8.04. The first-order valence-corrected chi connectivity index (χ1v) is 10.9. The van der Waals surface area contributed by atoms with Crippen LogP contribution in [0.2, 0.25) is 0 Å². The van der Waals surface area contributed by atoms with Crippen molar-refractivity contribution in [1.82, 2.24) is 9.88 Å². The van der Waals surface area contributed by atoms with E-state index in [4.69, 9.17) is 9.15 Å². The predicted molar refractivity (Wildman–Crippen MR) is 127 cm³/mol. The van der Waals surface area contributed by atoms with Gasteiger partial charge in [0.05, 0.1) is 13.0 Å². The number of hydrogen-bond acceptors (Lipinski definition) is 6. The normalized spacial score (nSPS) is 11.9. The average Bonchev–Trinajstić information content (AvgIpc) is 3.23. The van der Waals surface area contributed by atoms with Gasteiger partial charge in [0.2, 0.25) is 17.1 Å². The van der Waals surface area contributed by atoms with Crippen LogP contribution in [0.3, 0.4) is 0 Å². The second-order valence-electron chi connectivity index (χ2n) is 8.04. The summed E-state index contributed by atoms with van der Waals surface area (Å²) in [5.41, 5.74) is 1.04. The average molecular weight is 463 g/mol. The van der Waals surface area contributed by atoms with E-state index < -0.39 is 17.1 Å². The summed E-state index contributed by atoms with van der Waals surface area (Å²) in [5.74, 6) is -1.15. The zero-order valence-electron chi connectivity index (χ0n) is 18.9. The van der Waals surface area contributed by atoms with Crippen LogP contribution in [0.4, 0.5) is 0 Å². The van der Waals surface area contributed by atoms with Crippen LogP contribution < -0.4 is 15.5 Å². The molecule has 1 amide bonds. The molecule has 4 aromatic rings. The molecule has 2 heterocycles. The monoisotopic (exact) mass is 462 g/mol. The smallest absolute Gasteiger partial charge is 0.227 e. The van der Waals surface area contributed by atoms with E-state index in [1.165, 1.54) is 19.2 Å². The van der Waals surface area contributed by atoms with Gasteiger partial charge < -0.3 is 29.3 Å². The Bertz CT molecular complexity index is 1390. The maximum atomic E-state index is 12.9. The standard InChI is InChI=1S/C26H26N2O6/c1-16-13-22(30)25(32)26(34-16)19(18-7-8-21(29)23(14-18)33-2)15-24(31)27-10-12-28-11-9-17-5-3-4-6-20(17)28/h3-9,11,13-14,19,29,32H,10,12,15H2,1-2H3,(H,27,31)/t19-/m0/s1. The molecule has 8 nitrogen and oxygen atoms in total. The molecule has 0 aliphatic carbocycles. The van der Waals surface area contributed by atoms with E-state index in [0.29, 0.717) is 24.4 Å². The lowest BCUT2D eigenvalue weighted by molar-refractivity contribution is -0.121. The molecule has 2 aromatic heterocycles. The Morgan fingerprint density at radius 1 is 1.15 bits per heavy atom. The van der Waals surface area contributed by atoms with Gasteiger partial charge in [-0.25, -0.2) is 0 Å². The summed E-state index contributed by atoms with van der Waals surface area (Å²) in [5, 5.41) is 24.4. The number of rotatable bonds is 8. The number of aromatic nitrogens is 1. The number of aromatic hydroxyl groups is 2.